The molecule has 1 aliphatic carbocycles. The van der Waals surface area contributed by atoms with Crippen molar-refractivity contribution in [2.75, 3.05) is 13.1 Å². The summed E-state index contributed by atoms with van der Waals surface area (Å²) in [6.45, 7) is 1.61. The molecule has 1 amide bonds. The summed E-state index contributed by atoms with van der Waals surface area (Å²) in [6, 6.07) is 1.78. The molecule has 2 fully saturated rings. The van der Waals surface area contributed by atoms with Crippen molar-refractivity contribution in [3.8, 4) is 0 Å². The summed E-state index contributed by atoms with van der Waals surface area (Å²) in [5, 5.41) is 7.07. The zero-order valence-corrected chi connectivity index (χ0v) is 10.9. The van der Waals surface area contributed by atoms with E-state index in [2.05, 4.69) is 10.3 Å². The number of nitroso groups, excluding NO2 is 1. The van der Waals surface area contributed by atoms with Gasteiger partial charge in [-0.25, -0.2) is 0 Å². The minimum atomic E-state index is -0.00759. The third-order valence-corrected chi connectivity index (χ3v) is 4.10. The molecule has 0 aromatic carbocycles. The summed E-state index contributed by atoms with van der Waals surface area (Å²) in [4.78, 5) is 25.0. The second-order valence-corrected chi connectivity index (χ2v) is 5.36. The molecule has 102 valence electrons. The number of nitrogens with zero attached hydrogens (tertiary/aromatic N) is 4. The van der Waals surface area contributed by atoms with E-state index >= 15 is 0 Å². The first-order chi connectivity index (χ1) is 9.29. The average Bonchev–Trinajstić information content (AvgIpc) is 3.16. The van der Waals surface area contributed by atoms with E-state index in [9.17, 15) is 9.70 Å². The smallest absolute Gasteiger partial charge is 0.272 e. The standard InChI is InChI=1S/C13H18N4O2/c18-13(16-7-3-4-8-16)11-9-12(15-19)14-17(11)10-5-1-2-6-10/h9-10H,1-8H2. The van der Waals surface area contributed by atoms with Crippen LogP contribution in [-0.4, -0.2) is 33.7 Å². The minimum absolute atomic E-state index is 0.00759. The highest BCUT2D eigenvalue weighted by molar-refractivity contribution is 5.93. The molecule has 1 aromatic rings. The molecule has 1 saturated carbocycles. The first kappa shape index (κ1) is 12.3. The molecule has 19 heavy (non-hydrogen) atoms. The molecule has 2 heterocycles. The van der Waals surface area contributed by atoms with Gasteiger partial charge >= 0.3 is 0 Å². The summed E-state index contributed by atoms with van der Waals surface area (Å²) in [6.07, 6.45) is 6.49. The van der Waals surface area contributed by atoms with Gasteiger partial charge in [0.15, 0.2) is 0 Å². The van der Waals surface area contributed by atoms with Gasteiger partial charge in [-0.15, -0.1) is 10.0 Å². The molecule has 2 aliphatic rings. The Balaban J connectivity index is 1.91. The molecule has 0 atom stereocenters. The Hall–Kier alpha value is -1.72. The van der Waals surface area contributed by atoms with Crippen LogP contribution in [0, 0.1) is 4.91 Å². The van der Waals surface area contributed by atoms with Crippen LogP contribution >= 0.6 is 0 Å². The molecule has 0 spiro atoms. The van der Waals surface area contributed by atoms with Crippen molar-refractivity contribution >= 4 is 11.7 Å². The van der Waals surface area contributed by atoms with E-state index < -0.39 is 0 Å². The molecular formula is C13H18N4O2. The normalized spacial score (nSPS) is 20.1. The van der Waals surface area contributed by atoms with E-state index in [1.165, 1.54) is 6.07 Å². The van der Waals surface area contributed by atoms with Gasteiger partial charge in [0.25, 0.3) is 5.91 Å². The number of carbonyl (C=O) groups excluding carboxylic acids is 1. The third-order valence-electron chi connectivity index (χ3n) is 4.10. The van der Waals surface area contributed by atoms with Gasteiger partial charge < -0.3 is 4.90 Å². The van der Waals surface area contributed by atoms with Crippen molar-refractivity contribution < 1.29 is 4.79 Å². The summed E-state index contributed by atoms with van der Waals surface area (Å²) in [5.74, 6) is 0.112. The lowest BCUT2D eigenvalue weighted by atomic mass is 10.2. The highest BCUT2D eigenvalue weighted by Gasteiger charge is 2.28. The molecule has 0 radical (unpaired) electrons. The fraction of sp³-hybridized carbons (Fsp3) is 0.692. The number of likely N-dealkylation sites (tertiary alicyclic amines) is 1. The van der Waals surface area contributed by atoms with Crippen molar-refractivity contribution in [2.45, 2.75) is 44.6 Å². The number of aromatic nitrogens is 2. The predicted molar refractivity (Wildman–Crippen MR) is 70.3 cm³/mol. The van der Waals surface area contributed by atoms with Gasteiger partial charge in [0.1, 0.15) is 5.69 Å². The summed E-state index contributed by atoms with van der Waals surface area (Å²) in [7, 11) is 0. The highest BCUT2D eigenvalue weighted by Crippen LogP contribution is 2.32. The Labute approximate surface area is 111 Å². The molecule has 0 bridgehead atoms. The van der Waals surface area contributed by atoms with Gasteiger partial charge in [0, 0.05) is 19.2 Å². The average molecular weight is 262 g/mol. The number of carbonyl (C=O) groups is 1. The molecule has 1 saturated heterocycles. The van der Waals surface area contributed by atoms with Crippen molar-refractivity contribution in [1.29, 1.82) is 0 Å². The van der Waals surface area contributed by atoms with Crippen LogP contribution < -0.4 is 0 Å². The number of amides is 1. The Morgan fingerprint density at radius 1 is 1.21 bits per heavy atom. The maximum atomic E-state index is 12.5. The SMILES string of the molecule is O=Nc1cc(C(=O)N2CCCC2)n(C2CCCC2)n1. The maximum absolute atomic E-state index is 12.5. The summed E-state index contributed by atoms with van der Waals surface area (Å²) < 4.78 is 1.74. The van der Waals surface area contributed by atoms with E-state index in [1.54, 1.807) is 4.68 Å². The Bertz CT molecular complexity index is 485. The second kappa shape index (κ2) is 5.11. The monoisotopic (exact) mass is 262 g/mol. The van der Waals surface area contributed by atoms with Crippen molar-refractivity contribution in [2.24, 2.45) is 5.18 Å². The van der Waals surface area contributed by atoms with Crippen LogP contribution in [-0.2, 0) is 0 Å². The predicted octanol–water partition coefficient (Wildman–Crippen LogP) is 2.63. The summed E-state index contributed by atoms with van der Waals surface area (Å²) in [5.41, 5.74) is 0.531. The van der Waals surface area contributed by atoms with E-state index in [0.717, 1.165) is 51.6 Å². The van der Waals surface area contributed by atoms with Gasteiger partial charge in [0.05, 0.1) is 6.04 Å². The zero-order valence-electron chi connectivity index (χ0n) is 10.9. The van der Waals surface area contributed by atoms with Crippen LogP contribution in [0.2, 0.25) is 0 Å². The topological polar surface area (TPSA) is 67.6 Å². The van der Waals surface area contributed by atoms with Gasteiger partial charge in [-0.2, -0.15) is 0 Å². The van der Waals surface area contributed by atoms with Gasteiger partial charge in [-0.05, 0) is 30.9 Å². The van der Waals surface area contributed by atoms with Crippen molar-refractivity contribution in [3.63, 3.8) is 0 Å². The second-order valence-electron chi connectivity index (χ2n) is 5.36. The van der Waals surface area contributed by atoms with E-state index in [0.29, 0.717) is 5.69 Å². The Kier molecular flexibility index (Phi) is 3.31. The molecule has 6 heteroatoms. The first-order valence-electron chi connectivity index (χ1n) is 7.02. The Morgan fingerprint density at radius 3 is 2.53 bits per heavy atom. The van der Waals surface area contributed by atoms with Crippen LogP contribution in [0.25, 0.3) is 0 Å². The number of rotatable bonds is 3. The van der Waals surface area contributed by atoms with Crippen LogP contribution in [0.1, 0.15) is 55.1 Å². The fourth-order valence-corrected chi connectivity index (χ4v) is 3.10. The molecule has 0 N–H and O–H groups in total. The summed E-state index contributed by atoms with van der Waals surface area (Å²) >= 11 is 0. The molecular weight excluding hydrogens is 244 g/mol. The quantitative estimate of drug-likeness (QED) is 0.786. The lowest BCUT2D eigenvalue weighted by Gasteiger charge is -2.18. The van der Waals surface area contributed by atoms with E-state index in [4.69, 9.17) is 0 Å². The molecule has 1 aromatic heterocycles. The molecule has 3 rings (SSSR count). The highest BCUT2D eigenvalue weighted by atomic mass is 16.3. The number of hydrogen-bond acceptors (Lipinski definition) is 4. The first-order valence-corrected chi connectivity index (χ1v) is 7.02. The third kappa shape index (κ3) is 2.27. The van der Waals surface area contributed by atoms with Crippen LogP contribution in [0.3, 0.4) is 0 Å². The lowest BCUT2D eigenvalue weighted by Crippen LogP contribution is -2.30. The minimum Gasteiger partial charge on any atom is -0.337 e. The largest absolute Gasteiger partial charge is 0.337 e. The van der Waals surface area contributed by atoms with E-state index in [1.807, 2.05) is 4.90 Å². The van der Waals surface area contributed by atoms with Gasteiger partial charge in [-0.1, -0.05) is 12.8 Å². The van der Waals surface area contributed by atoms with Crippen LogP contribution in [0.4, 0.5) is 5.82 Å². The number of hydrogen-bond donors (Lipinski definition) is 0. The fourth-order valence-electron chi connectivity index (χ4n) is 3.10. The van der Waals surface area contributed by atoms with Crippen LogP contribution in [0.5, 0.6) is 0 Å². The van der Waals surface area contributed by atoms with Gasteiger partial charge in [-0.3, -0.25) is 9.48 Å². The van der Waals surface area contributed by atoms with Crippen molar-refractivity contribution in [1.82, 2.24) is 14.7 Å². The molecule has 0 unspecified atom stereocenters. The zero-order chi connectivity index (χ0) is 13.2. The molecule has 6 nitrogen and oxygen atoms in total. The van der Waals surface area contributed by atoms with Gasteiger partial charge in [0.2, 0.25) is 5.82 Å². The maximum Gasteiger partial charge on any atom is 0.272 e. The van der Waals surface area contributed by atoms with E-state index in [-0.39, 0.29) is 17.8 Å². The Morgan fingerprint density at radius 2 is 1.89 bits per heavy atom. The van der Waals surface area contributed by atoms with Crippen LogP contribution in [0.15, 0.2) is 11.2 Å². The lowest BCUT2D eigenvalue weighted by molar-refractivity contribution is 0.0777. The molecule has 1 aliphatic heterocycles. The van der Waals surface area contributed by atoms with Crippen molar-refractivity contribution in [3.05, 3.63) is 16.7 Å².